The summed E-state index contributed by atoms with van der Waals surface area (Å²) in [6.07, 6.45) is 0.232. The quantitative estimate of drug-likeness (QED) is 0.543. The first-order valence-corrected chi connectivity index (χ1v) is 9.57. The zero-order chi connectivity index (χ0) is 20.1. The summed E-state index contributed by atoms with van der Waals surface area (Å²) in [4.78, 5) is 33.8. The van der Waals surface area contributed by atoms with Crippen molar-refractivity contribution in [1.82, 2.24) is 5.32 Å². The molecular formula is C20H20N2O5S. The van der Waals surface area contributed by atoms with E-state index >= 15 is 0 Å². The summed E-state index contributed by atoms with van der Waals surface area (Å²) < 4.78 is 10.7. The minimum atomic E-state index is -0.674. The van der Waals surface area contributed by atoms with E-state index in [0.717, 1.165) is 22.9 Å². The van der Waals surface area contributed by atoms with E-state index in [0.29, 0.717) is 24.3 Å². The normalized spacial score (nSPS) is 17.1. The summed E-state index contributed by atoms with van der Waals surface area (Å²) in [5.41, 5.74) is 7.62. The summed E-state index contributed by atoms with van der Waals surface area (Å²) in [6.45, 7) is 1.32. The number of ether oxygens (including phenoxy) is 2. The molecule has 2 aromatic carbocycles. The highest BCUT2D eigenvalue weighted by molar-refractivity contribution is 8.15. The smallest absolute Gasteiger partial charge is 0.304 e. The number of benzene rings is 2. The third-order valence-electron chi connectivity index (χ3n) is 4.02. The number of nitrogens with one attached hydrogen (secondary N) is 1. The number of rotatable bonds is 7. The fraction of sp³-hybridized carbons (Fsp3) is 0.250. The molecule has 1 aliphatic rings. The van der Waals surface area contributed by atoms with Crippen molar-refractivity contribution in [2.75, 3.05) is 0 Å². The van der Waals surface area contributed by atoms with Gasteiger partial charge in [-0.25, -0.2) is 0 Å². The molecule has 7 nitrogen and oxygen atoms in total. The second-order valence-electron chi connectivity index (χ2n) is 6.33. The molecule has 28 heavy (non-hydrogen) atoms. The van der Waals surface area contributed by atoms with Gasteiger partial charge in [-0.2, -0.15) is 0 Å². The van der Waals surface area contributed by atoms with E-state index in [1.165, 1.54) is 6.92 Å². The van der Waals surface area contributed by atoms with Gasteiger partial charge in [0, 0.05) is 13.3 Å². The molecule has 8 heteroatoms. The molecule has 1 saturated heterocycles. The highest BCUT2D eigenvalue weighted by atomic mass is 32.2. The summed E-state index contributed by atoms with van der Waals surface area (Å²) in [5.74, 6) is 0.667. The average molecular weight is 400 g/mol. The molecule has 0 aliphatic carbocycles. The molecule has 2 amide bonds. The predicted molar refractivity (Wildman–Crippen MR) is 105 cm³/mol. The minimum absolute atomic E-state index is 0.246. The SMILES string of the molecule is CC(=O)OC(N)Cc1ccc(Oc2ccc(CC3SC(=O)NC3=O)cc2)cc1. The lowest BCUT2D eigenvalue weighted by atomic mass is 10.1. The zero-order valence-electron chi connectivity index (χ0n) is 15.2. The van der Waals surface area contributed by atoms with E-state index < -0.39 is 12.2 Å². The Hall–Kier alpha value is -2.84. The first kappa shape index (κ1) is 19.9. The van der Waals surface area contributed by atoms with Crippen LogP contribution in [0.15, 0.2) is 48.5 Å². The Kier molecular flexibility index (Phi) is 6.33. The van der Waals surface area contributed by atoms with E-state index in [4.69, 9.17) is 15.2 Å². The molecule has 0 bridgehead atoms. The van der Waals surface area contributed by atoms with Gasteiger partial charge in [0.15, 0.2) is 6.23 Å². The molecule has 0 radical (unpaired) electrons. The van der Waals surface area contributed by atoms with Crippen molar-refractivity contribution in [3.05, 3.63) is 59.7 Å². The lowest BCUT2D eigenvalue weighted by Crippen LogP contribution is -2.28. The molecule has 2 aromatic rings. The molecule has 0 aromatic heterocycles. The molecule has 2 atom stereocenters. The standard InChI is InChI=1S/C20H20N2O5S/c1-12(23)26-18(21)11-14-4-8-16(9-5-14)27-15-6-2-13(3-7-15)10-17-19(24)22-20(25)28-17/h2-9,17-18H,10-11,21H2,1H3,(H,22,24,25). The van der Waals surface area contributed by atoms with Gasteiger partial charge >= 0.3 is 5.97 Å². The van der Waals surface area contributed by atoms with Crippen LogP contribution >= 0.6 is 11.8 Å². The van der Waals surface area contributed by atoms with Crippen molar-refractivity contribution in [3.8, 4) is 11.5 Å². The third-order valence-corrected chi connectivity index (χ3v) is 5.01. The second kappa shape index (κ2) is 8.90. The molecule has 0 spiro atoms. The van der Waals surface area contributed by atoms with Crippen molar-refractivity contribution < 1.29 is 23.9 Å². The lowest BCUT2D eigenvalue weighted by Gasteiger charge is -2.12. The van der Waals surface area contributed by atoms with Gasteiger partial charge in [-0.15, -0.1) is 0 Å². The monoisotopic (exact) mass is 400 g/mol. The van der Waals surface area contributed by atoms with Crippen LogP contribution in [-0.2, 0) is 27.2 Å². The fourth-order valence-electron chi connectivity index (χ4n) is 2.75. The first-order valence-electron chi connectivity index (χ1n) is 8.69. The number of carbonyl (C=O) groups is 3. The van der Waals surface area contributed by atoms with Crippen molar-refractivity contribution in [3.63, 3.8) is 0 Å². The number of thioether (sulfide) groups is 1. The van der Waals surface area contributed by atoms with Gasteiger partial charge in [-0.3, -0.25) is 25.4 Å². The maximum Gasteiger partial charge on any atom is 0.304 e. The van der Waals surface area contributed by atoms with Gasteiger partial charge in [0.2, 0.25) is 5.91 Å². The maximum atomic E-state index is 11.6. The molecule has 146 valence electrons. The number of nitrogens with two attached hydrogens (primary N) is 1. The Labute approximate surface area is 166 Å². The number of hydrogen-bond acceptors (Lipinski definition) is 7. The number of carbonyl (C=O) groups excluding carboxylic acids is 3. The summed E-state index contributed by atoms with van der Waals surface area (Å²) in [7, 11) is 0. The minimum Gasteiger partial charge on any atom is -0.457 e. The van der Waals surface area contributed by atoms with E-state index in [1.807, 2.05) is 48.5 Å². The topological polar surface area (TPSA) is 108 Å². The number of hydrogen-bond donors (Lipinski definition) is 2. The largest absolute Gasteiger partial charge is 0.457 e. The van der Waals surface area contributed by atoms with Crippen LogP contribution in [0.3, 0.4) is 0 Å². The summed E-state index contributed by atoms with van der Waals surface area (Å²) in [6, 6.07) is 14.7. The maximum absolute atomic E-state index is 11.6. The fourth-order valence-corrected chi connectivity index (χ4v) is 3.61. The molecule has 0 saturated carbocycles. The van der Waals surface area contributed by atoms with Crippen LogP contribution in [0, 0.1) is 0 Å². The van der Waals surface area contributed by atoms with E-state index in [2.05, 4.69) is 5.32 Å². The molecule has 3 rings (SSSR count). The van der Waals surface area contributed by atoms with Crippen LogP contribution in [0.25, 0.3) is 0 Å². The van der Waals surface area contributed by atoms with Gasteiger partial charge in [0.05, 0.1) is 5.25 Å². The Morgan fingerprint density at radius 3 is 2.14 bits per heavy atom. The Morgan fingerprint density at radius 2 is 1.64 bits per heavy atom. The molecule has 3 N–H and O–H groups in total. The Bertz CT molecular complexity index is 867. The van der Waals surface area contributed by atoms with Gasteiger partial charge in [0.1, 0.15) is 11.5 Å². The van der Waals surface area contributed by atoms with E-state index in [9.17, 15) is 14.4 Å². The van der Waals surface area contributed by atoms with Gasteiger partial charge in [-0.1, -0.05) is 36.0 Å². The average Bonchev–Trinajstić information content (AvgIpc) is 2.95. The van der Waals surface area contributed by atoms with Crippen molar-refractivity contribution in [1.29, 1.82) is 0 Å². The van der Waals surface area contributed by atoms with Crippen LogP contribution in [0.5, 0.6) is 11.5 Å². The summed E-state index contributed by atoms with van der Waals surface area (Å²) in [5, 5.41) is 1.60. The molecular weight excluding hydrogens is 380 g/mol. The van der Waals surface area contributed by atoms with Crippen LogP contribution in [0.4, 0.5) is 4.79 Å². The Morgan fingerprint density at radius 1 is 1.07 bits per heavy atom. The van der Waals surface area contributed by atoms with Crippen LogP contribution < -0.4 is 15.8 Å². The van der Waals surface area contributed by atoms with Crippen LogP contribution in [0.1, 0.15) is 18.1 Å². The van der Waals surface area contributed by atoms with Gasteiger partial charge in [0.25, 0.3) is 5.24 Å². The van der Waals surface area contributed by atoms with E-state index in [1.54, 1.807) is 0 Å². The molecule has 1 fully saturated rings. The molecule has 2 unspecified atom stereocenters. The highest BCUT2D eigenvalue weighted by Gasteiger charge is 2.31. The Balaban J connectivity index is 1.54. The second-order valence-corrected chi connectivity index (χ2v) is 7.50. The van der Waals surface area contributed by atoms with Crippen LogP contribution in [0.2, 0.25) is 0 Å². The van der Waals surface area contributed by atoms with Gasteiger partial charge < -0.3 is 9.47 Å². The zero-order valence-corrected chi connectivity index (χ0v) is 16.0. The number of esters is 1. The first-order chi connectivity index (χ1) is 13.4. The molecule has 1 aliphatic heterocycles. The highest BCUT2D eigenvalue weighted by Crippen LogP contribution is 2.26. The number of amides is 2. The van der Waals surface area contributed by atoms with E-state index in [-0.39, 0.29) is 16.4 Å². The van der Waals surface area contributed by atoms with Crippen molar-refractivity contribution in [2.24, 2.45) is 5.73 Å². The van der Waals surface area contributed by atoms with Gasteiger partial charge in [-0.05, 0) is 41.8 Å². The summed E-state index contributed by atoms with van der Waals surface area (Å²) >= 11 is 1.02. The van der Waals surface area contributed by atoms with Crippen molar-refractivity contribution in [2.45, 2.75) is 31.2 Å². The molecule has 1 heterocycles. The predicted octanol–water partition coefficient (Wildman–Crippen LogP) is 2.76. The number of imide groups is 1. The van der Waals surface area contributed by atoms with Crippen molar-refractivity contribution >= 4 is 28.9 Å². The lowest BCUT2D eigenvalue weighted by molar-refractivity contribution is -0.145. The third kappa shape index (κ3) is 5.58. The van der Waals surface area contributed by atoms with Crippen LogP contribution in [-0.4, -0.2) is 28.6 Å².